The standard InChI is InChI=1S/C11H20ClN3O/c1-3-5-11(16,8-13)10-9(12)7-14-15(10)6-4-2/h7,16H,3-6,8,13H2,1-2H3. The van der Waals surface area contributed by atoms with E-state index in [0.717, 1.165) is 19.4 Å². The number of nitrogens with two attached hydrogens (primary N) is 1. The molecule has 0 spiro atoms. The van der Waals surface area contributed by atoms with Gasteiger partial charge in [0.15, 0.2) is 0 Å². The topological polar surface area (TPSA) is 64.1 Å². The van der Waals surface area contributed by atoms with Crippen molar-refractivity contribution in [1.29, 1.82) is 0 Å². The minimum atomic E-state index is -1.06. The number of aromatic nitrogens is 2. The molecule has 0 aliphatic carbocycles. The maximum atomic E-state index is 10.5. The third-order valence-electron chi connectivity index (χ3n) is 2.67. The highest BCUT2D eigenvalue weighted by atomic mass is 35.5. The molecule has 1 aromatic heterocycles. The SMILES string of the molecule is CCCn1ncc(Cl)c1C(O)(CN)CCC. The van der Waals surface area contributed by atoms with E-state index in [1.807, 2.05) is 6.92 Å². The van der Waals surface area contributed by atoms with Crippen molar-refractivity contribution in [3.63, 3.8) is 0 Å². The Labute approximate surface area is 101 Å². The Morgan fingerprint density at radius 1 is 1.50 bits per heavy atom. The number of rotatable bonds is 6. The highest BCUT2D eigenvalue weighted by Crippen LogP contribution is 2.31. The lowest BCUT2D eigenvalue weighted by molar-refractivity contribution is 0.0268. The van der Waals surface area contributed by atoms with Crippen LogP contribution < -0.4 is 5.73 Å². The van der Waals surface area contributed by atoms with Crippen molar-refractivity contribution in [1.82, 2.24) is 9.78 Å². The van der Waals surface area contributed by atoms with E-state index in [0.29, 0.717) is 17.1 Å². The van der Waals surface area contributed by atoms with Gasteiger partial charge < -0.3 is 10.8 Å². The van der Waals surface area contributed by atoms with E-state index in [1.165, 1.54) is 0 Å². The molecule has 0 radical (unpaired) electrons. The largest absolute Gasteiger partial charge is 0.382 e. The lowest BCUT2D eigenvalue weighted by Gasteiger charge is -2.27. The Bertz CT molecular complexity index is 340. The van der Waals surface area contributed by atoms with Crippen LogP contribution >= 0.6 is 11.6 Å². The monoisotopic (exact) mass is 245 g/mol. The van der Waals surface area contributed by atoms with Crippen LogP contribution in [0.1, 0.15) is 38.8 Å². The van der Waals surface area contributed by atoms with Gasteiger partial charge in [-0.15, -0.1) is 0 Å². The fourth-order valence-electron chi connectivity index (χ4n) is 1.94. The Balaban J connectivity index is 3.11. The van der Waals surface area contributed by atoms with Crippen LogP contribution in [0.25, 0.3) is 0 Å². The lowest BCUT2D eigenvalue weighted by atomic mass is 9.94. The molecule has 0 aliphatic rings. The van der Waals surface area contributed by atoms with Crippen LogP contribution in [0.4, 0.5) is 0 Å². The van der Waals surface area contributed by atoms with Gasteiger partial charge in [-0.2, -0.15) is 5.10 Å². The Morgan fingerprint density at radius 2 is 2.19 bits per heavy atom. The molecule has 16 heavy (non-hydrogen) atoms. The van der Waals surface area contributed by atoms with E-state index >= 15 is 0 Å². The summed E-state index contributed by atoms with van der Waals surface area (Å²) >= 11 is 6.08. The number of aryl methyl sites for hydroxylation is 1. The van der Waals surface area contributed by atoms with E-state index in [-0.39, 0.29) is 6.54 Å². The van der Waals surface area contributed by atoms with E-state index in [9.17, 15) is 5.11 Å². The van der Waals surface area contributed by atoms with Crippen molar-refractivity contribution in [3.05, 3.63) is 16.9 Å². The number of halogens is 1. The zero-order chi connectivity index (χ0) is 12.2. The molecule has 1 heterocycles. The summed E-state index contributed by atoms with van der Waals surface area (Å²) in [4.78, 5) is 0. The molecular formula is C11H20ClN3O. The van der Waals surface area contributed by atoms with Crippen LogP contribution in [0.2, 0.25) is 5.02 Å². The summed E-state index contributed by atoms with van der Waals surface area (Å²) < 4.78 is 1.75. The van der Waals surface area contributed by atoms with Crippen molar-refractivity contribution >= 4 is 11.6 Å². The minimum absolute atomic E-state index is 0.163. The third kappa shape index (κ3) is 2.56. The quantitative estimate of drug-likeness (QED) is 0.805. The van der Waals surface area contributed by atoms with Crippen LogP contribution in [0, 0.1) is 0 Å². The Kier molecular flexibility index (Phi) is 4.77. The van der Waals surface area contributed by atoms with E-state index in [2.05, 4.69) is 12.0 Å². The molecule has 1 unspecified atom stereocenters. The first kappa shape index (κ1) is 13.5. The molecule has 4 nitrogen and oxygen atoms in total. The molecule has 3 N–H and O–H groups in total. The number of nitrogens with zero attached hydrogens (tertiary/aromatic N) is 2. The second kappa shape index (κ2) is 5.66. The second-order valence-electron chi connectivity index (χ2n) is 4.05. The average molecular weight is 246 g/mol. The van der Waals surface area contributed by atoms with Crippen LogP contribution in [-0.4, -0.2) is 21.4 Å². The van der Waals surface area contributed by atoms with Gasteiger partial charge in [0.2, 0.25) is 0 Å². The summed E-state index contributed by atoms with van der Waals surface area (Å²) in [6, 6.07) is 0. The maximum absolute atomic E-state index is 10.5. The van der Waals surface area contributed by atoms with Crippen molar-refractivity contribution in [2.24, 2.45) is 5.73 Å². The zero-order valence-electron chi connectivity index (χ0n) is 9.91. The lowest BCUT2D eigenvalue weighted by Crippen LogP contribution is -2.37. The van der Waals surface area contributed by atoms with Crippen LogP contribution in [0.15, 0.2) is 6.20 Å². The van der Waals surface area contributed by atoms with Gasteiger partial charge in [0, 0.05) is 13.1 Å². The van der Waals surface area contributed by atoms with E-state index in [4.69, 9.17) is 17.3 Å². The predicted octanol–water partition coefficient (Wildman–Crippen LogP) is 1.89. The first-order valence-electron chi connectivity index (χ1n) is 5.73. The van der Waals surface area contributed by atoms with Crippen LogP contribution in [-0.2, 0) is 12.1 Å². The summed E-state index contributed by atoms with van der Waals surface area (Å²) in [5.74, 6) is 0. The van der Waals surface area contributed by atoms with E-state index < -0.39 is 5.60 Å². The first-order chi connectivity index (χ1) is 7.59. The summed E-state index contributed by atoms with van der Waals surface area (Å²) in [5, 5.41) is 15.2. The van der Waals surface area contributed by atoms with Crippen molar-refractivity contribution in [2.45, 2.75) is 45.3 Å². The molecule has 0 saturated heterocycles. The number of hydrogen-bond donors (Lipinski definition) is 2. The fourth-order valence-corrected chi connectivity index (χ4v) is 2.25. The summed E-state index contributed by atoms with van der Waals surface area (Å²) in [7, 11) is 0. The van der Waals surface area contributed by atoms with Gasteiger partial charge in [-0.1, -0.05) is 31.9 Å². The summed E-state index contributed by atoms with van der Waals surface area (Å²) in [6.07, 6.45) is 3.96. The molecule has 5 heteroatoms. The number of hydrogen-bond acceptors (Lipinski definition) is 3. The van der Waals surface area contributed by atoms with Gasteiger partial charge in [-0.3, -0.25) is 4.68 Å². The zero-order valence-corrected chi connectivity index (χ0v) is 10.7. The number of aliphatic hydroxyl groups is 1. The molecule has 0 aromatic carbocycles. The van der Waals surface area contributed by atoms with Crippen molar-refractivity contribution in [2.75, 3.05) is 6.54 Å². The predicted molar refractivity (Wildman–Crippen MR) is 65.4 cm³/mol. The highest BCUT2D eigenvalue weighted by Gasteiger charge is 2.32. The summed E-state index contributed by atoms with van der Waals surface area (Å²) in [6.45, 7) is 4.97. The normalized spacial score (nSPS) is 15.1. The van der Waals surface area contributed by atoms with Gasteiger partial charge in [0.1, 0.15) is 5.60 Å². The smallest absolute Gasteiger partial charge is 0.120 e. The van der Waals surface area contributed by atoms with Gasteiger partial charge in [0.05, 0.1) is 16.9 Å². The van der Waals surface area contributed by atoms with Gasteiger partial charge in [-0.05, 0) is 12.8 Å². The van der Waals surface area contributed by atoms with Crippen LogP contribution in [0.5, 0.6) is 0 Å². The highest BCUT2D eigenvalue weighted by molar-refractivity contribution is 6.31. The van der Waals surface area contributed by atoms with Gasteiger partial charge in [0.25, 0.3) is 0 Å². The molecule has 1 atom stereocenters. The summed E-state index contributed by atoms with van der Waals surface area (Å²) in [5.41, 5.74) is 5.26. The fraction of sp³-hybridized carbons (Fsp3) is 0.727. The van der Waals surface area contributed by atoms with Gasteiger partial charge >= 0.3 is 0 Å². The molecule has 0 bridgehead atoms. The Morgan fingerprint density at radius 3 is 2.69 bits per heavy atom. The molecule has 1 rings (SSSR count). The molecule has 1 aromatic rings. The van der Waals surface area contributed by atoms with Crippen LogP contribution in [0.3, 0.4) is 0 Å². The third-order valence-corrected chi connectivity index (χ3v) is 2.95. The van der Waals surface area contributed by atoms with Crippen molar-refractivity contribution < 1.29 is 5.11 Å². The van der Waals surface area contributed by atoms with Gasteiger partial charge in [-0.25, -0.2) is 0 Å². The van der Waals surface area contributed by atoms with E-state index in [1.54, 1.807) is 10.9 Å². The first-order valence-corrected chi connectivity index (χ1v) is 6.11. The molecule has 0 fully saturated rings. The Hall–Kier alpha value is -0.580. The maximum Gasteiger partial charge on any atom is 0.120 e. The molecular weight excluding hydrogens is 226 g/mol. The van der Waals surface area contributed by atoms with Crippen molar-refractivity contribution in [3.8, 4) is 0 Å². The second-order valence-corrected chi connectivity index (χ2v) is 4.46. The average Bonchev–Trinajstić information content (AvgIpc) is 2.61. The molecule has 0 saturated carbocycles. The molecule has 92 valence electrons. The minimum Gasteiger partial charge on any atom is -0.382 e. The molecule has 0 aliphatic heterocycles. The molecule has 0 amide bonds.